The topological polar surface area (TPSA) is 64.3 Å². The van der Waals surface area contributed by atoms with Crippen molar-refractivity contribution in [2.75, 3.05) is 13.2 Å². The third kappa shape index (κ3) is 4.10. The van der Waals surface area contributed by atoms with Gasteiger partial charge in [0.2, 0.25) is 0 Å². The zero-order valence-electron chi connectivity index (χ0n) is 8.84. The van der Waals surface area contributed by atoms with Crippen molar-refractivity contribution in [3.63, 3.8) is 0 Å². The maximum atomic E-state index is 10.4. The van der Waals surface area contributed by atoms with Gasteiger partial charge < -0.3 is 15.5 Å². The van der Waals surface area contributed by atoms with Gasteiger partial charge >= 0.3 is 6.03 Å². The number of amides is 2. The van der Waals surface area contributed by atoms with Crippen LogP contribution in [0.3, 0.4) is 0 Å². The fourth-order valence-electron chi connectivity index (χ4n) is 1.86. The molecule has 3 N–H and O–H groups in total. The van der Waals surface area contributed by atoms with Crippen LogP contribution < -0.4 is 11.1 Å². The Morgan fingerprint density at radius 2 is 2.36 bits per heavy atom. The number of carbonyl (C=O) groups excluding carboxylic acids is 1. The molecular weight excluding hydrogens is 196 g/mol. The van der Waals surface area contributed by atoms with E-state index in [2.05, 4.69) is 11.9 Å². The lowest BCUT2D eigenvalue weighted by atomic mass is 10.4. The van der Waals surface area contributed by atoms with Gasteiger partial charge in [-0.2, -0.15) is 0 Å². The highest BCUT2D eigenvalue weighted by molar-refractivity contribution is 6.72. The quantitative estimate of drug-likeness (QED) is 0.551. The molecule has 0 radical (unpaired) electrons. The second-order valence-electron chi connectivity index (χ2n) is 4.15. The average Bonchev–Trinajstić information content (AvgIpc) is 2.14. The highest BCUT2D eigenvalue weighted by atomic mass is 28.4. The number of hydrogen-bond donors (Lipinski definition) is 2. The van der Waals surface area contributed by atoms with E-state index in [4.69, 9.17) is 10.2 Å². The first kappa shape index (κ1) is 11.5. The lowest BCUT2D eigenvalue weighted by Gasteiger charge is -2.31. The SMILES string of the molecule is C[Si]1(CCCNC(N)=O)CCCCO1. The van der Waals surface area contributed by atoms with Crippen LogP contribution in [-0.2, 0) is 4.43 Å². The van der Waals surface area contributed by atoms with Gasteiger partial charge in [-0.05, 0) is 31.5 Å². The Balaban J connectivity index is 2.12. The maximum Gasteiger partial charge on any atom is 0.312 e. The van der Waals surface area contributed by atoms with Crippen LogP contribution in [0, 0.1) is 0 Å². The van der Waals surface area contributed by atoms with Gasteiger partial charge in [-0.25, -0.2) is 4.79 Å². The Morgan fingerprint density at radius 3 is 2.93 bits per heavy atom. The van der Waals surface area contributed by atoms with Gasteiger partial charge in [0.25, 0.3) is 0 Å². The molecule has 0 spiro atoms. The molecule has 1 atom stereocenters. The van der Waals surface area contributed by atoms with Crippen LogP contribution in [0.5, 0.6) is 0 Å². The molecule has 82 valence electrons. The summed E-state index contributed by atoms with van der Waals surface area (Å²) in [7, 11) is -1.40. The van der Waals surface area contributed by atoms with Crippen molar-refractivity contribution < 1.29 is 9.22 Å². The van der Waals surface area contributed by atoms with Crippen molar-refractivity contribution >= 4 is 14.3 Å². The minimum atomic E-state index is -1.40. The van der Waals surface area contributed by atoms with Crippen molar-refractivity contribution in [1.29, 1.82) is 0 Å². The predicted molar refractivity (Wildman–Crippen MR) is 58.6 cm³/mol. The molecule has 14 heavy (non-hydrogen) atoms. The molecule has 0 aromatic rings. The number of nitrogens with one attached hydrogen (secondary N) is 1. The summed E-state index contributed by atoms with van der Waals surface area (Å²) in [6, 6.07) is 1.97. The van der Waals surface area contributed by atoms with E-state index in [9.17, 15) is 4.79 Å². The third-order valence-electron chi connectivity index (χ3n) is 2.73. The van der Waals surface area contributed by atoms with E-state index in [1.165, 1.54) is 18.9 Å². The normalized spacial score (nSPS) is 27.2. The van der Waals surface area contributed by atoms with E-state index in [0.29, 0.717) is 6.54 Å². The molecule has 0 aromatic carbocycles. The largest absolute Gasteiger partial charge is 0.417 e. The van der Waals surface area contributed by atoms with Crippen molar-refractivity contribution in [3.05, 3.63) is 0 Å². The molecule has 1 rings (SSSR count). The number of rotatable bonds is 4. The summed E-state index contributed by atoms with van der Waals surface area (Å²) in [4.78, 5) is 10.4. The zero-order chi connectivity index (χ0) is 10.4. The molecular formula is C9H20N2O2Si. The molecule has 1 saturated heterocycles. The molecule has 1 heterocycles. The van der Waals surface area contributed by atoms with Gasteiger partial charge in [-0.3, -0.25) is 0 Å². The molecule has 0 saturated carbocycles. The fraction of sp³-hybridized carbons (Fsp3) is 0.889. The third-order valence-corrected chi connectivity index (χ3v) is 6.46. The Hall–Kier alpha value is -0.553. The van der Waals surface area contributed by atoms with Crippen LogP contribution in [0.4, 0.5) is 4.79 Å². The molecule has 1 unspecified atom stereocenters. The standard InChI is InChI=1S/C9H20N2O2Si/c1-14(7-3-2-6-13-14)8-4-5-11-9(10)12/h2-8H2,1H3,(H3,10,11,12). The number of hydrogen-bond acceptors (Lipinski definition) is 2. The van der Waals surface area contributed by atoms with E-state index in [1.54, 1.807) is 0 Å². The number of carbonyl (C=O) groups is 1. The van der Waals surface area contributed by atoms with Crippen LogP contribution in [0.2, 0.25) is 18.6 Å². The van der Waals surface area contributed by atoms with Crippen LogP contribution >= 0.6 is 0 Å². The fourth-order valence-corrected chi connectivity index (χ4v) is 4.96. The number of urea groups is 1. The number of nitrogens with two attached hydrogens (primary N) is 1. The van der Waals surface area contributed by atoms with Crippen molar-refractivity contribution in [2.24, 2.45) is 5.73 Å². The number of primary amides is 1. The molecule has 2 amide bonds. The Kier molecular flexibility index (Phi) is 4.41. The molecule has 1 aliphatic heterocycles. The first-order chi connectivity index (χ1) is 6.62. The first-order valence-corrected chi connectivity index (χ1v) is 8.12. The second kappa shape index (κ2) is 5.36. The minimum Gasteiger partial charge on any atom is -0.417 e. The Labute approximate surface area is 86.3 Å². The molecule has 0 aliphatic carbocycles. The van der Waals surface area contributed by atoms with Crippen molar-refractivity contribution in [2.45, 2.75) is 37.9 Å². The van der Waals surface area contributed by atoms with Gasteiger partial charge in [0.05, 0.1) is 0 Å². The highest BCUT2D eigenvalue weighted by Gasteiger charge is 2.30. The zero-order valence-corrected chi connectivity index (χ0v) is 9.84. The highest BCUT2D eigenvalue weighted by Crippen LogP contribution is 2.26. The molecule has 1 fully saturated rings. The summed E-state index contributed by atoms with van der Waals surface area (Å²) in [6.07, 6.45) is 3.51. The predicted octanol–water partition coefficient (Wildman–Crippen LogP) is 1.43. The van der Waals surface area contributed by atoms with Gasteiger partial charge in [-0.15, -0.1) is 0 Å². The van der Waals surface area contributed by atoms with Gasteiger partial charge in [0, 0.05) is 13.2 Å². The summed E-state index contributed by atoms with van der Waals surface area (Å²) in [6.45, 7) is 3.91. The van der Waals surface area contributed by atoms with E-state index >= 15 is 0 Å². The van der Waals surface area contributed by atoms with Crippen LogP contribution in [-0.4, -0.2) is 27.5 Å². The monoisotopic (exact) mass is 216 g/mol. The minimum absolute atomic E-state index is 0.429. The summed E-state index contributed by atoms with van der Waals surface area (Å²) < 4.78 is 5.87. The first-order valence-electron chi connectivity index (χ1n) is 5.30. The molecule has 1 aliphatic rings. The second-order valence-corrected chi connectivity index (χ2v) is 8.34. The van der Waals surface area contributed by atoms with Crippen molar-refractivity contribution in [3.8, 4) is 0 Å². The van der Waals surface area contributed by atoms with Crippen molar-refractivity contribution in [1.82, 2.24) is 5.32 Å². The van der Waals surface area contributed by atoms with Gasteiger partial charge in [-0.1, -0.05) is 6.42 Å². The summed E-state index contributed by atoms with van der Waals surface area (Å²) in [5, 5.41) is 2.61. The van der Waals surface area contributed by atoms with Gasteiger partial charge in [0.1, 0.15) is 0 Å². The van der Waals surface area contributed by atoms with E-state index in [1.807, 2.05) is 0 Å². The van der Waals surface area contributed by atoms with Crippen LogP contribution in [0.1, 0.15) is 19.3 Å². The molecule has 0 bridgehead atoms. The smallest absolute Gasteiger partial charge is 0.312 e. The molecule has 4 nitrogen and oxygen atoms in total. The summed E-state index contributed by atoms with van der Waals surface area (Å²) in [5.41, 5.74) is 4.97. The van der Waals surface area contributed by atoms with Gasteiger partial charge in [0.15, 0.2) is 8.32 Å². The Bertz CT molecular complexity index is 193. The van der Waals surface area contributed by atoms with E-state index in [0.717, 1.165) is 19.1 Å². The summed E-state index contributed by atoms with van der Waals surface area (Å²) >= 11 is 0. The molecule has 5 heteroatoms. The summed E-state index contributed by atoms with van der Waals surface area (Å²) in [5.74, 6) is 0. The average molecular weight is 216 g/mol. The van der Waals surface area contributed by atoms with Crippen LogP contribution in [0.25, 0.3) is 0 Å². The molecule has 0 aromatic heterocycles. The maximum absolute atomic E-state index is 10.4. The van der Waals surface area contributed by atoms with E-state index in [-0.39, 0.29) is 0 Å². The van der Waals surface area contributed by atoms with E-state index < -0.39 is 14.3 Å². The lowest BCUT2D eigenvalue weighted by molar-refractivity contribution is 0.248. The van der Waals surface area contributed by atoms with Crippen LogP contribution in [0.15, 0.2) is 0 Å². The lowest BCUT2D eigenvalue weighted by Crippen LogP contribution is -2.39. The Morgan fingerprint density at radius 1 is 1.57 bits per heavy atom.